The van der Waals surface area contributed by atoms with Gasteiger partial charge < -0.3 is 18.6 Å². The van der Waals surface area contributed by atoms with E-state index in [4.69, 9.17) is 5.26 Å². The Hall–Kier alpha value is -1.27. The van der Waals surface area contributed by atoms with E-state index in [9.17, 15) is 9.59 Å². The van der Waals surface area contributed by atoms with Crippen LogP contribution in [0.1, 0.15) is 0 Å². The van der Waals surface area contributed by atoms with Gasteiger partial charge in [-0.25, -0.2) is 9.59 Å². The fourth-order valence-electron chi connectivity index (χ4n) is 0.303. The highest BCUT2D eigenvalue weighted by Gasteiger charge is 2.08. The monoisotopic (exact) mass is 251 g/mol. The topological polar surface area (TPSA) is 91.7 Å². The quantitative estimate of drug-likeness (QED) is 0.346. The third-order valence-electron chi connectivity index (χ3n) is 0.920. The number of hydrogen-bond acceptors (Lipinski definition) is 7. The van der Waals surface area contributed by atoms with Gasteiger partial charge in [-0.1, -0.05) is 0 Å². The lowest BCUT2D eigenvalue weighted by molar-refractivity contribution is 0.180. The summed E-state index contributed by atoms with van der Waals surface area (Å²) in [5, 5.41) is 10.2. The summed E-state index contributed by atoms with van der Waals surface area (Å²) in [6.07, 6.45) is -1.33. The maximum absolute atomic E-state index is 10.8. The molecule has 0 spiro atoms. The Kier molecular flexibility index (Phi) is 7.39. The summed E-state index contributed by atoms with van der Waals surface area (Å²) in [6, 6.07) is 1.70. The Balaban J connectivity index is 3.43. The van der Waals surface area contributed by atoms with E-state index in [2.05, 4.69) is 13.7 Å². The number of nitriles is 1. The van der Waals surface area contributed by atoms with Crippen LogP contribution < -0.4 is 5.32 Å². The zero-order chi connectivity index (χ0) is 11.7. The van der Waals surface area contributed by atoms with Crippen molar-refractivity contribution in [1.29, 1.82) is 5.26 Å². The van der Waals surface area contributed by atoms with E-state index in [0.717, 1.165) is 0 Å². The molecule has 0 bridgehead atoms. The highest BCUT2D eigenvalue weighted by Crippen LogP contribution is 2.23. The van der Waals surface area contributed by atoms with Crippen molar-refractivity contribution >= 4 is 34.3 Å². The third kappa shape index (κ3) is 7.77. The number of rotatable bonds is 4. The van der Waals surface area contributed by atoms with E-state index < -0.39 is 12.2 Å². The number of amides is 2. The first-order valence-corrected chi connectivity index (χ1v) is 5.62. The molecule has 7 nitrogen and oxygen atoms in total. The molecule has 9 heteroatoms. The van der Waals surface area contributed by atoms with Gasteiger partial charge in [-0.3, -0.25) is 0 Å². The number of nitrogens with one attached hydrogen (secondary N) is 1. The average molecular weight is 251 g/mol. The molecule has 0 rings (SSSR count). The average Bonchev–Trinajstić information content (AvgIpc) is 2.20. The summed E-state index contributed by atoms with van der Waals surface area (Å²) in [5.41, 5.74) is 0. The summed E-state index contributed by atoms with van der Waals surface area (Å²) >= 11 is 1.19. The lowest BCUT2D eigenvalue weighted by Gasteiger charge is -2.07. The summed E-state index contributed by atoms with van der Waals surface area (Å²) in [4.78, 5) is 22.8. The third-order valence-corrected chi connectivity index (χ3v) is 1.98. The number of carbonyl (C=O) groups excluding carboxylic acids is 2. The van der Waals surface area contributed by atoms with Crippen molar-refractivity contribution in [2.45, 2.75) is 0 Å². The fourth-order valence-corrected chi connectivity index (χ4v) is 1.21. The molecule has 0 aliphatic heterocycles. The molecule has 0 aromatic heterocycles. The molecule has 0 aromatic carbocycles. The molecule has 0 aromatic rings. The van der Waals surface area contributed by atoms with Gasteiger partial charge in [0.15, 0.2) is 22.1 Å². The first-order valence-electron chi connectivity index (χ1n) is 3.62. The van der Waals surface area contributed by atoms with Gasteiger partial charge in [-0.2, -0.15) is 5.26 Å². The van der Waals surface area contributed by atoms with Crippen LogP contribution in [0, 0.1) is 11.3 Å². The second-order valence-corrected chi connectivity index (χ2v) is 3.68. The summed E-state index contributed by atoms with van der Waals surface area (Å²) in [7, 11) is 3.04. The molecule has 15 heavy (non-hydrogen) atoms. The Labute approximate surface area is 94.9 Å². The van der Waals surface area contributed by atoms with E-state index in [-0.39, 0.29) is 6.54 Å². The lowest BCUT2D eigenvalue weighted by atomic mass is 10.7. The van der Waals surface area contributed by atoms with Gasteiger partial charge in [-0.05, 0) is 0 Å². The highest BCUT2D eigenvalue weighted by atomic mass is 33.1. The second-order valence-electron chi connectivity index (χ2n) is 2.26. The molecule has 1 N–H and O–H groups in total. The standard InChI is InChI=1S/C6H9N3O4S2/c1-9(2)6(11)13-15-14-12-5(10)8-4-3-7/h4H2,1-2H3,(H,8,10). The Morgan fingerprint density at radius 1 is 1.40 bits per heavy atom. The fraction of sp³-hybridized carbons (Fsp3) is 0.500. The van der Waals surface area contributed by atoms with Crippen molar-refractivity contribution in [1.82, 2.24) is 10.2 Å². The van der Waals surface area contributed by atoms with Crippen LogP contribution in [0.25, 0.3) is 0 Å². The van der Waals surface area contributed by atoms with Gasteiger partial charge in [-0.15, -0.1) is 0 Å². The van der Waals surface area contributed by atoms with Crippen molar-refractivity contribution in [3.63, 3.8) is 0 Å². The Bertz CT molecular complexity index is 266. The van der Waals surface area contributed by atoms with Crippen LogP contribution in [0.15, 0.2) is 0 Å². The van der Waals surface area contributed by atoms with Gasteiger partial charge in [0.2, 0.25) is 0 Å². The van der Waals surface area contributed by atoms with Crippen molar-refractivity contribution in [3.05, 3.63) is 0 Å². The summed E-state index contributed by atoms with van der Waals surface area (Å²) in [6.45, 7) is -0.137. The van der Waals surface area contributed by atoms with Crippen molar-refractivity contribution in [3.8, 4) is 6.07 Å². The van der Waals surface area contributed by atoms with E-state index in [0.29, 0.717) is 22.1 Å². The predicted molar refractivity (Wildman–Crippen MR) is 55.4 cm³/mol. The molecule has 0 unspecified atom stereocenters. The summed E-state index contributed by atoms with van der Waals surface area (Å²) < 4.78 is 9.01. The molecule has 0 saturated carbocycles. The second kappa shape index (κ2) is 8.07. The zero-order valence-corrected chi connectivity index (χ0v) is 9.68. The molecule has 0 atom stereocenters. The number of nitrogens with zero attached hydrogens (tertiary/aromatic N) is 2. The van der Waals surface area contributed by atoms with Crippen LogP contribution in [-0.2, 0) is 8.37 Å². The minimum absolute atomic E-state index is 0.137. The molecule has 0 heterocycles. The number of carbonyl (C=O) groups is 2. The molecule has 0 radical (unpaired) electrons. The molecule has 2 amide bonds. The molecule has 84 valence electrons. The van der Waals surface area contributed by atoms with Crippen molar-refractivity contribution < 1.29 is 18.0 Å². The molecular formula is C6H9N3O4S2. The molecule has 0 saturated heterocycles. The minimum atomic E-state index is -0.769. The van der Waals surface area contributed by atoms with Crippen LogP contribution in [0.2, 0.25) is 0 Å². The largest absolute Gasteiger partial charge is 0.422 e. The molecule has 0 fully saturated rings. The molecular weight excluding hydrogens is 242 g/mol. The Morgan fingerprint density at radius 2 is 2.00 bits per heavy atom. The van der Waals surface area contributed by atoms with E-state index in [1.165, 1.54) is 19.0 Å². The van der Waals surface area contributed by atoms with Crippen LogP contribution >= 0.6 is 22.1 Å². The van der Waals surface area contributed by atoms with E-state index >= 15 is 0 Å². The zero-order valence-electron chi connectivity index (χ0n) is 8.05. The van der Waals surface area contributed by atoms with Crippen LogP contribution in [-0.4, -0.2) is 37.7 Å². The normalized spacial score (nSPS) is 8.60. The van der Waals surface area contributed by atoms with Crippen molar-refractivity contribution in [2.75, 3.05) is 20.6 Å². The van der Waals surface area contributed by atoms with Crippen LogP contribution in [0.4, 0.5) is 9.59 Å². The first kappa shape index (κ1) is 13.7. The lowest BCUT2D eigenvalue weighted by Crippen LogP contribution is -2.22. The predicted octanol–water partition coefficient (Wildman–Crippen LogP) is 1.15. The van der Waals surface area contributed by atoms with Gasteiger partial charge >= 0.3 is 12.2 Å². The maximum atomic E-state index is 10.8. The van der Waals surface area contributed by atoms with Crippen LogP contribution in [0.5, 0.6) is 0 Å². The van der Waals surface area contributed by atoms with Gasteiger partial charge in [0.05, 0.1) is 6.07 Å². The maximum Gasteiger partial charge on any atom is 0.422 e. The highest BCUT2D eigenvalue weighted by molar-refractivity contribution is 8.73. The Morgan fingerprint density at radius 3 is 2.53 bits per heavy atom. The first-order chi connectivity index (χ1) is 7.07. The van der Waals surface area contributed by atoms with Gasteiger partial charge in [0, 0.05) is 14.1 Å². The SMILES string of the molecule is CN(C)C(=O)OSSOC(=O)NCC#N. The summed E-state index contributed by atoms with van der Waals surface area (Å²) in [5.74, 6) is 0. The minimum Gasteiger partial charge on any atom is -0.360 e. The van der Waals surface area contributed by atoms with Crippen molar-refractivity contribution in [2.24, 2.45) is 0 Å². The van der Waals surface area contributed by atoms with Crippen LogP contribution in [0.3, 0.4) is 0 Å². The molecule has 0 aliphatic carbocycles. The van der Waals surface area contributed by atoms with Gasteiger partial charge in [0.1, 0.15) is 6.54 Å². The van der Waals surface area contributed by atoms with Gasteiger partial charge in [0.25, 0.3) is 0 Å². The van der Waals surface area contributed by atoms with E-state index in [1.807, 2.05) is 0 Å². The molecule has 0 aliphatic rings. The number of hydrogen-bond donors (Lipinski definition) is 1. The smallest absolute Gasteiger partial charge is 0.360 e. The van der Waals surface area contributed by atoms with E-state index in [1.54, 1.807) is 6.07 Å².